The second-order valence-corrected chi connectivity index (χ2v) is 3.51. The van der Waals surface area contributed by atoms with Crippen molar-refractivity contribution in [2.45, 2.75) is 12.5 Å². The fourth-order valence-corrected chi connectivity index (χ4v) is 1.02. The largest absolute Gasteiger partial charge is 0.392 e. The minimum atomic E-state index is -0.467. The summed E-state index contributed by atoms with van der Waals surface area (Å²) in [6, 6.07) is 0. The van der Waals surface area contributed by atoms with Crippen molar-refractivity contribution in [3.05, 3.63) is 0 Å². The van der Waals surface area contributed by atoms with Crippen LogP contribution in [0.2, 0.25) is 0 Å². The standard InChI is InChI=1S/C11H25NO5/c1-14-4-5-16-8-9-17-7-6-15-3-2-11(13)10-12/h11,13H,2-10,12H2,1H3. The summed E-state index contributed by atoms with van der Waals surface area (Å²) in [5.74, 6) is 0. The molecule has 0 heterocycles. The highest BCUT2D eigenvalue weighted by atomic mass is 16.6. The monoisotopic (exact) mass is 251 g/mol. The lowest BCUT2D eigenvalue weighted by Gasteiger charge is -2.08. The third-order valence-electron chi connectivity index (χ3n) is 2.04. The lowest BCUT2D eigenvalue weighted by Crippen LogP contribution is -2.21. The van der Waals surface area contributed by atoms with Crippen molar-refractivity contribution in [1.82, 2.24) is 0 Å². The van der Waals surface area contributed by atoms with Crippen LogP contribution >= 0.6 is 0 Å². The molecule has 0 bridgehead atoms. The number of hydrogen-bond acceptors (Lipinski definition) is 6. The molecule has 0 spiro atoms. The summed E-state index contributed by atoms with van der Waals surface area (Å²) < 4.78 is 20.6. The minimum absolute atomic E-state index is 0.276. The third kappa shape index (κ3) is 13.7. The fourth-order valence-electron chi connectivity index (χ4n) is 1.02. The molecule has 0 radical (unpaired) electrons. The Labute approximate surface area is 103 Å². The van der Waals surface area contributed by atoms with Crippen molar-refractivity contribution >= 4 is 0 Å². The van der Waals surface area contributed by atoms with Crippen LogP contribution in [-0.2, 0) is 18.9 Å². The number of ether oxygens (including phenoxy) is 4. The number of nitrogens with two attached hydrogens (primary N) is 1. The first-order chi connectivity index (χ1) is 8.31. The van der Waals surface area contributed by atoms with Gasteiger partial charge in [0.05, 0.1) is 45.7 Å². The van der Waals surface area contributed by atoms with E-state index in [9.17, 15) is 0 Å². The van der Waals surface area contributed by atoms with Crippen LogP contribution in [0.4, 0.5) is 0 Å². The Morgan fingerprint density at radius 3 is 1.82 bits per heavy atom. The first-order valence-electron chi connectivity index (χ1n) is 5.91. The van der Waals surface area contributed by atoms with Gasteiger partial charge in [0.25, 0.3) is 0 Å². The molecule has 0 aliphatic heterocycles. The van der Waals surface area contributed by atoms with Crippen LogP contribution in [0.3, 0.4) is 0 Å². The van der Waals surface area contributed by atoms with Crippen LogP contribution in [0.25, 0.3) is 0 Å². The molecule has 3 N–H and O–H groups in total. The van der Waals surface area contributed by atoms with Crippen molar-refractivity contribution in [3.8, 4) is 0 Å². The van der Waals surface area contributed by atoms with Crippen molar-refractivity contribution in [2.75, 3.05) is 59.9 Å². The van der Waals surface area contributed by atoms with E-state index in [0.29, 0.717) is 52.7 Å². The average Bonchev–Trinajstić information content (AvgIpc) is 2.35. The van der Waals surface area contributed by atoms with E-state index < -0.39 is 6.10 Å². The maximum Gasteiger partial charge on any atom is 0.0701 e. The van der Waals surface area contributed by atoms with Gasteiger partial charge in [-0.15, -0.1) is 0 Å². The van der Waals surface area contributed by atoms with Gasteiger partial charge in [-0.3, -0.25) is 0 Å². The molecule has 0 aromatic rings. The first kappa shape index (κ1) is 16.8. The SMILES string of the molecule is COCCOCCOCCOCCC(O)CN. The topological polar surface area (TPSA) is 83.2 Å². The van der Waals surface area contributed by atoms with Gasteiger partial charge in [-0.05, 0) is 6.42 Å². The molecule has 6 nitrogen and oxygen atoms in total. The highest BCUT2D eigenvalue weighted by molar-refractivity contribution is 4.53. The van der Waals surface area contributed by atoms with Gasteiger partial charge in [-0.2, -0.15) is 0 Å². The zero-order valence-corrected chi connectivity index (χ0v) is 10.6. The Morgan fingerprint density at radius 1 is 0.882 bits per heavy atom. The van der Waals surface area contributed by atoms with Gasteiger partial charge in [-0.25, -0.2) is 0 Å². The zero-order valence-electron chi connectivity index (χ0n) is 10.6. The first-order valence-corrected chi connectivity index (χ1v) is 5.91. The maximum absolute atomic E-state index is 9.14. The van der Waals surface area contributed by atoms with E-state index in [1.165, 1.54) is 0 Å². The van der Waals surface area contributed by atoms with Crippen LogP contribution in [0.15, 0.2) is 0 Å². The van der Waals surface area contributed by atoms with Crippen LogP contribution in [-0.4, -0.2) is 71.1 Å². The van der Waals surface area contributed by atoms with E-state index >= 15 is 0 Å². The van der Waals surface area contributed by atoms with Crippen LogP contribution in [0.5, 0.6) is 0 Å². The molecule has 1 atom stereocenters. The molecule has 104 valence electrons. The van der Waals surface area contributed by atoms with Gasteiger partial charge in [0.2, 0.25) is 0 Å². The predicted octanol–water partition coefficient (Wildman–Crippen LogP) is -0.608. The molecule has 1 unspecified atom stereocenters. The third-order valence-corrected chi connectivity index (χ3v) is 2.04. The molecule has 0 aromatic heterocycles. The van der Waals surface area contributed by atoms with E-state index in [2.05, 4.69) is 0 Å². The summed E-state index contributed by atoms with van der Waals surface area (Å²) in [5, 5.41) is 9.14. The Hall–Kier alpha value is -0.240. The number of methoxy groups -OCH3 is 1. The smallest absolute Gasteiger partial charge is 0.0701 e. The Morgan fingerprint density at radius 2 is 1.35 bits per heavy atom. The highest BCUT2D eigenvalue weighted by Gasteiger charge is 1.99. The normalized spacial score (nSPS) is 12.9. The molecule has 0 aromatic carbocycles. The van der Waals surface area contributed by atoms with Crippen molar-refractivity contribution in [2.24, 2.45) is 5.73 Å². The zero-order chi connectivity index (χ0) is 12.8. The highest BCUT2D eigenvalue weighted by Crippen LogP contribution is 1.90. The number of aliphatic hydroxyl groups excluding tert-OH is 1. The average molecular weight is 251 g/mol. The van der Waals surface area contributed by atoms with E-state index in [4.69, 9.17) is 29.8 Å². The van der Waals surface area contributed by atoms with Crippen molar-refractivity contribution in [3.63, 3.8) is 0 Å². The number of aliphatic hydroxyl groups is 1. The Kier molecular flexibility index (Phi) is 13.6. The fraction of sp³-hybridized carbons (Fsp3) is 1.00. The second-order valence-electron chi connectivity index (χ2n) is 3.51. The lowest BCUT2D eigenvalue weighted by molar-refractivity contribution is -0.000381. The summed E-state index contributed by atoms with van der Waals surface area (Å²) >= 11 is 0. The molecule has 0 aliphatic carbocycles. The Bertz CT molecular complexity index is 148. The van der Waals surface area contributed by atoms with E-state index in [1.807, 2.05) is 0 Å². The molecule has 0 saturated heterocycles. The van der Waals surface area contributed by atoms with Gasteiger partial charge >= 0.3 is 0 Å². The lowest BCUT2D eigenvalue weighted by atomic mass is 10.3. The molecule has 17 heavy (non-hydrogen) atoms. The van der Waals surface area contributed by atoms with E-state index in [1.54, 1.807) is 7.11 Å². The molecule has 0 fully saturated rings. The quantitative estimate of drug-likeness (QED) is 0.425. The van der Waals surface area contributed by atoms with Gasteiger partial charge < -0.3 is 29.8 Å². The van der Waals surface area contributed by atoms with Gasteiger partial charge in [0.1, 0.15) is 0 Å². The van der Waals surface area contributed by atoms with Gasteiger partial charge in [-0.1, -0.05) is 0 Å². The number of rotatable bonds is 13. The molecule has 0 aliphatic rings. The van der Waals surface area contributed by atoms with E-state index in [0.717, 1.165) is 0 Å². The Balaban J connectivity index is 2.94. The van der Waals surface area contributed by atoms with Gasteiger partial charge in [0.15, 0.2) is 0 Å². The van der Waals surface area contributed by atoms with E-state index in [-0.39, 0.29) is 6.54 Å². The van der Waals surface area contributed by atoms with Crippen LogP contribution in [0, 0.1) is 0 Å². The summed E-state index contributed by atoms with van der Waals surface area (Å²) in [4.78, 5) is 0. The maximum atomic E-state index is 9.14. The van der Waals surface area contributed by atoms with Crippen molar-refractivity contribution in [1.29, 1.82) is 0 Å². The summed E-state index contributed by atoms with van der Waals surface area (Å²) in [6.07, 6.45) is 0.0986. The molecule has 0 saturated carbocycles. The summed E-state index contributed by atoms with van der Waals surface area (Å²) in [6.45, 7) is 4.15. The van der Waals surface area contributed by atoms with Crippen LogP contribution in [0.1, 0.15) is 6.42 Å². The molecular formula is C11H25NO5. The van der Waals surface area contributed by atoms with Crippen molar-refractivity contribution < 1.29 is 24.1 Å². The second kappa shape index (κ2) is 13.8. The predicted molar refractivity (Wildman–Crippen MR) is 64.0 cm³/mol. The molecule has 0 rings (SSSR count). The number of hydrogen-bond donors (Lipinski definition) is 2. The van der Waals surface area contributed by atoms with Crippen LogP contribution < -0.4 is 5.73 Å². The molecule has 0 amide bonds. The summed E-state index contributed by atoms with van der Waals surface area (Å²) in [5.41, 5.74) is 5.25. The molecule has 6 heteroatoms. The minimum Gasteiger partial charge on any atom is -0.392 e. The van der Waals surface area contributed by atoms with Gasteiger partial charge in [0, 0.05) is 20.3 Å². The summed E-state index contributed by atoms with van der Waals surface area (Å²) in [7, 11) is 1.64. The molecular weight excluding hydrogens is 226 g/mol.